The highest BCUT2D eigenvalue weighted by molar-refractivity contribution is 7.08. The molecule has 31 heavy (non-hydrogen) atoms. The van der Waals surface area contributed by atoms with E-state index in [0.29, 0.717) is 0 Å². The maximum Gasteiger partial charge on any atom is 0.490 e. The van der Waals surface area contributed by atoms with Crippen molar-refractivity contribution in [2.75, 3.05) is 0 Å². The summed E-state index contributed by atoms with van der Waals surface area (Å²) in [6.45, 7) is 11.0. The van der Waals surface area contributed by atoms with Crippen molar-refractivity contribution >= 4 is 25.6 Å². The van der Waals surface area contributed by atoms with Crippen molar-refractivity contribution in [3.05, 3.63) is 71.3 Å². The minimum atomic E-state index is -2.07. The van der Waals surface area contributed by atoms with E-state index in [1.807, 2.05) is 0 Å². The summed E-state index contributed by atoms with van der Waals surface area (Å²) in [5.74, 6) is 0. The van der Waals surface area contributed by atoms with Crippen LogP contribution in [0.4, 0.5) is 0 Å². The lowest BCUT2D eigenvalue weighted by molar-refractivity contribution is 0.00578. The summed E-state index contributed by atoms with van der Waals surface area (Å²) in [6.07, 6.45) is 5.84. The molecule has 4 rings (SSSR count). The van der Waals surface area contributed by atoms with Gasteiger partial charge in [-0.25, -0.2) is 0 Å². The van der Waals surface area contributed by atoms with Crippen LogP contribution in [-0.4, -0.2) is 26.4 Å². The summed E-state index contributed by atoms with van der Waals surface area (Å²) in [7, 11) is -2.30. The molecule has 2 aliphatic heterocycles. The lowest BCUT2D eigenvalue weighted by Gasteiger charge is -2.33. The number of benzene rings is 2. The number of hydrogen-bond donors (Lipinski definition) is 0. The van der Waals surface area contributed by atoms with E-state index in [4.69, 9.17) is 9.31 Å². The van der Waals surface area contributed by atoms with E-state index in [1.165, 1.54) is 47.6 Å². The molecule has 2 aromatic rings. The van der Waals surface area contributed by atoms with Crippen LogP contribution in [0.15, 0.2) is 71.3 Å². The smallest absolute Gasteiger partial charge is 0.400 e. The van der Waals surface area contributed by atoms with Gasteiger partial charge >= 0.3 is 7.12 Å². The topological polar surface area (TPSA) is 18.5 Å². The second-order valence-electron chi connectivity index (χ2n) is 10.2. The van der Waals surface area contributed by atoms with Gasteiger partial charge in [0.05, 0.1) is 11.2 Å². The van der Waals surface area contributed by atoms with Gasteiger partial charge in [-0.3, -0.25) is 0 Å². The van der Waals surface area contributed by atoms with Gasteiger partial charge in [0.25, 0.3) is 0 Å². The van der Waals surface area contributed by atoms with E-state index in [0.717, 1.165) is 6.42 Å². The molecule has 4 heteroatoms. The summed E-state index contributed by atoms with van der Waals surface area (Å²) < 4.78 is 13.3. The van der Waals surface area contributed by atoms with Gasteiger partial charge in [-0.15, -0.1) is 0 Å². The highest BCUT2D eigenvalue weighted by Gasteiger charge is 2.55. The summed E-state index contributed by atoms with van der Waals surface area (Å²) in [5, 5.41) is 4.72. The predicted octanol–water partition coefficient (Wildman–Crippen LogP) is 5.70. The molecular formula is C27H37BO2Si. The monoisotopic (exact) mass is 432 g/mol. The molecule has 0 amide bonds. The molecule has 164 valence electrons. The second-order valence-corrected chi connectivity index (χ2v) is 14.3. The minimum Gasteiger partial charge on any atom is -0.400 e. The van der Waals surface area contributed by atoms with Crippen molar-refractivity contribution < 1.29 is 9.31 Å². The average Bonchev–Trinajstić information content (AvgIpc) is 3.29. The highest BCUT2D eigenvalue weighted by Crippen LogP contribution is 2.44. The van der Waals surface area contributed by atoms with Crippen molar-refractivity contribution in [2.24, 2.45) is 0 Å². The second kappa shape index (κ2) is 8.73. The van der Waals surface area contributed by atoms with E-state index in [9.17, 15) is 0 Å². The molecule has 0 unspecified atom stereocenters. The third-order valence-electron chi connectivity index (χ3n) is 7.75. The first-order valence-corrected chi connectivity index (χ1v) is 14.2. The fourth-order valence-electron chi connectivity index (χ4n) is 5.34. The zero-order valence-corrected chi connectivity index (χ0v) is 20.9. The number of rotatable bonds is 6. The number of unbranched alkanes of at least 4 members (excludes halogenated alkanes) is 1. The molecule has 0 N–H and O–H groups in total. The van der Waals surface area contributed by atoms with Crippen LogP contribution in [0.25, 0.3) is 0 Å². The number of hydrogen-bond acceptors (Lipinski definition) is 2. The Labute approximate surface area is 190 Å². The predicted molar refractivity (Wildman–Crippen MR) is 135 cm³/mol. The molecule has 0 atom stereocenters. The van der Waals surface area contributed by atoms with Gasteiger partial charge in [0, 0.05) is 0 Å². The van der Waals surface area contributed by atoms with Crippen molar-refractivity contribution in [3.63, 3.8) is 0 Å². The molecule has 0 aromatic heterocycles. The lowest BCUT2D eigenvalue weighted by atomic mass is 9.74. The van der Waals surface area contributed by atoms with E-state index in [-0.39, 0.29) is 18.3 Å². The summed E-state index contributed by atoms with van der Waals surface area (Å²) >= 11 is 0. The Hall–Kier alpha value is -1.62. The van der Waals surface area contributed by atoms with Gasteiger partial charge in [0.15, 0.2) is 0 Å². The minimum absolute atomic E-state index is 0.232. The maximum absolute atomic E-state index is 6.64. The van der Waals surface area contributed by atoms with Crippen LogP contribution in [0.1, 0.15) is 66.7 Å². The first kappa shape index (κ1) is 22.6. The SMILES string of the molecule is CCCC/C(B1OC(C)(C)C(C)(C)O1)=C1/CCC[Si]1(c1ccccc1)c1ccccc1. The third kappa shape index (κ3) is 3.99. The van der Waals surface area contributed by atoms with Crippen molar-refractivity contribution in [3.8, 4) is 0 Å². The zero-order valence-electron chi connectivity index (χ0n) is 19.9. The van der Waals surface area contributed by atoms with Crippen LogP contribution in [0.2, 0.25) is 6.04 Å². The summed E-state index contributed by atoms with van der Waals surface area (Å²) in [6, 6.07) is 23.9. The molecule has 0 bridgehead atoms. The Bertz CT molecular complexity index is 865. The summed E-state index contributed by atoms with van der Waals surface area (Å²) in [4.78, 5) is 0. The Morgan fingerprint density at radius 3 is 1.87 bits per heavy atom. The molecule has 0 saturated carbocycles. The van der Waals surface area contributed by atoms with E-state index in [1.54, 1.807) is 5.20 Å². The maximum atomic E-state index is 6.64. The molecule has 0 spiro atoms. The average molecular weight is 432 g/mol. The Balaban J connectivity index is 1.91. The van der Waals surface area contributed by atoms with Crippen LogP contribution in [0.5, 0.6) is 0 Å². The molecule has 2 saturated heterocycles. The van der Waals surface area contributed by atoms with Gasteiger partial charge in [0.2, 0.25) is 0 Å². The molecule has 2 aliphatic rings. The fraction of sp³-hybridized carbons (Fsp3) is 0.481. The van der Waals surface area contributed by atoms with E-state index < -0.39 is 8.07 Å². The van der Waals surface area contributed by atoms with Crippen LogP contribution < -0.4 is 10.4 Å². The Morgan fingerprint density at radius 1 is 0.871 bits per heavy atom. The van der Waals surface area contributed by atoms with Crippen molar-refractivity contribution in [1.29, 1.82) is 0 Å². The van der Waals surface area contributed by atoms with Crippen LogP contribution >= 0.6 is 0 Å². The van der Waals surface area contributed by atoms with E-state index >= 15 is 0 Å². The van der Waals surface area contributed by atoms with Crippen LogP contribution in [0, 0.1) is 0 Å². The largest absolute Gasteiger partial charge is 0.490 e. The fourth-order valence-corrected chi connectivity index (χ4v) is 10.9. The Morgan fingerprint density at radius 2 is 1.39 bits per heavy atom. The highest BCUT2D eigenvalue weighted by atomic mass is 28.3. The molecule has 0 aliphatic carbocycles. The van der Waals surface area contributed by atoms with Crippen molar-refractivity contribution in [1.82, 2.24) is 0 Å². The first-order valence-electron chi connectivity index (χ1n) is 12.0. The number of allylic oxidation sites excluding steroid dienone is 2. The quantitative estimate of drug-likeness (QED) is 0.545. The van der Waals surface area contributed by atoms with Gasteiger partial charge < -0.3 is 9.31 Å². The Kier molecular flexibility index (Phi) is 6.35. The van der Waals surface area contributed by atoms with E-state index in [2.05, 4.69) is 95.3 Å². The first-order chi connectivity index (χ1) is 14.8. The third-order valence-corrected chi connectivity index (χ3v) is 13.1. The lowest BCUT2D eigenvalue weighted by Crippen LogP contribution is -2.58. The standard InChI is InChI=1S/C27H37BO2Si/c1-6-7-19-24(28-29-26(2,3)27(4,5)30-28)25-20-14-21-31(25,22-15-10-8-11-16-22)23-17-12-9-13-18-23/h8-13,15-18H,6-7,14,19-21H2,1-5H3/b25-24+. The summed E-state index contributed by atoms with van der Waals surface area (Å²) in [5.41, 5.74) is 0.827. The van der Waals surface area contributed by atoms with Gasteiger partial charge in [-0.05, 0) is 62.4 Å². The molecule has 0 radical (unpaired) electrons. The molecular weight excluding hydrogens is 395 g/mol. The zero-order chi connectivity index (χ0) is 22.1. The normalized spacial score (nSPS) is 23.2. The van der Waals surface area contributed by atoms with Gasteiger partial charge in [0.1, 0.15) is 8.07 Å². The van der Waals surface area contributed by atoms with Crippen LogP contribution in [-0.2, 0) is 9.31 Å². The van der Waals surface area contributed by atoms with Gasteiger partial charge in [-0.2, -0.15) is 0 Å². The van der Waals surface area contributed by atoms with Crippen LogP contribution in [0.3, 0.4) is 0 Å². The molecule has 2 fully saturated rings. The molecule has 2 aromatic carbocycles. The molecule has 2 nitrogen and oxygen atoms in total. The van der Waals surface area contributed by atoms with Gasteiger partial charge in [-0.1, -0.05) is 92.0 Å². The molecule has 2 heterocycles. The van der Waals surface area contributed by atoms with Crippen molar-refractivity contribution in [2.45, 2.75) is 84.0 Å².